The number of phenolic OH excluding ortho intramolecular Hbond substituents is 1. The number of nitrogens with one attached hydrogen (secondary N) is 1. The van der Waals surface area contributed by atoms with E-state index in [1.54, 1.807) is 42.2 Å². The Morgan fingerprint density at radius 3 is 2.89 bits per heavy atom. The molecule has 0 spiro atoms. The van der Waals surface area contributed by atoms with Crippen LogP contribution in [0.3, 0.4) is 0 Å². The number of amides is 1. The molecule has 1 heterocycles. The normalized spacial score (nSPS) is 10.3. The highest BCUT2D eigenvalue weighted by atomic mass is 16.3. The number of benzene rings is 1. The molecular weight excluding hydrogens is 230 g/mol. The summed E-state index contributed by atoms with van der Waals surface area (Å²) in [5.74, 6) is 0.0366. The van der Waals surface area contributed by atoms with Gasteiger partial charge in [0, 0.05) is 13.2 Å². The Hall–Kier alpha value is -2.30. The zero-order chi connectivity index (χ0) is 13.1. The lowest BCUT2D eigenvalue weighted by atomic mass is 10.1. The van der Waals surface area contributed by atoms with Gasteiger partial charge >= 0.3 is 0 Å². The molecule has 0 saturated carbocycles. The predicted molar refractivity (Wildman–Crippen MR) is 68.4 cm³/mol. The summed E-state index contributed by atoms with van der Waals surface area (Å²) in [6.45, 7) is 1.84. The highest BCUT2D eigenvalue weighted by Crippen LogP contribution is 2.14. The lowest BCUT2D eigenvalue weighted by Crippen LogP contribution is -2.14. The molecule has 5 nitrogen and oxygen atoms in total. The number of aryl methyl sites for hydroxylation is 2. The minimum absolute atomic E-state index is 0.128. The molecule has 0 unspecified atom stereocenters. The molecule has 0 radical (unpaired) electrons. The second-order valence-electron chi connectivity index (χ2n) is 4.20. The Bertz CT molecular complexity index is 575. The van der Waals surface area contributed by atoms with E-state index in [2.05, 4.69) is 10.4 Å². The number of anilines is 1. The molecule has 1 aromatic carbocycles. The van der Waals surface area contributed by atoms with E-state index in [4.69, 9.17) is 0 Å². The second kappa shape index (κ2) is 4.91. The second-order valence-corrected chi connectivity index (χ2v) is 4.20. The fraction of sp³-hybridized carbons (Fsp3) is 0.231. The average Bonchev–Trinajstić information content (AvgIpc) is 2.57. The van der Waals surface area contributed by atoms with Crippen molar-refractivity contribution in [1.29, 1.82) is 0 Å². The minimum atomic E-state index is -0.128. The first-order valence-electron chi connectivity index (χ1n) is 5.62. The molecule has 1 amide bonds. The van der Waals surface area contributed by atoms with Crippen molar-refractivity contribution in [3.63, 3.8) is 0 Å². The molecule has 0 aliphatic carbocycles. The van der Waals surface area contributed by atoms with Crippen LogP contribution >= 0.6 is 0 Å². The minimum Gasteiger partial charge on any atom is -0.508 e. The standard InChI is InChI=1S/C13H15N3O2/c1-9-12(8-16(2)15-9)14-13(18)7-10-4-3-5-11(17)6-10/h3-6,8,17H,7H2,1-2H3,(H,14,18). The lowest BCUT2D eigenvalue weighted by molar-refractivity contribution is -0.115. The lowest BCUT2D eigenvalue weighted by Gasteiger charge is -2.04. The Morgan fingerprint density at radius 2 is 2.28 bits per heavy atom. The Kier molecular flexibility index (Phi) is 3.32. The third kappa shape index (κ3) is 2.88. The van der Waals surface area contributed by atoms with Gasteiger partial charge in [-0.3, -0.25) is 9.48 Å². The number of nitrogens with zero attached hydrogens (tertiary/aromatic N) is 2. The Morgan fingerprint density at radius 1 is 1.50 bits per heavy atom. The zero-order valence-corrected chi connectivity index (χ0v) is 10.3. The van der Waals surface area contributed by atoms with Gasteiger partial charge in [-0.1, -0.05) is 12.1 Å². The molecular formula is C13H15N3O2. The molecule has 0 fully saturated rings. The monoisotopic (exact) mass is 245 g/mol. The number of hydrogen-bond donors (Lipinski definition) is 2. The van der Waals surface area contributed by atoms with Crippen LogP contribution in [0, 0.1) is 6.92 Å². The van der Waals surface area contributed by atoms with Gasteiger partial charge in [0.2, 0.25) is 5.91 Å². The number of carbonyl (C=O) groups is 1. The van der Waals surface area contributed by atoms with E-state index in [9.17, 15) is 9.90 Å². The average molecular weight is 245 g/mol. The summed E-state index contributed by atoms with van der Waals surface area (Å²) in [7, 11) is 1.80. The summed E-state index contributed by atoms with van der Waals surface area (Å²) in [5, 5.41) is 16.3. The van der Waals surface area contributed by atoms with Gasteiger partial charge in [-0.25, -0.2) is 0 Å². The van der Waals surface area contributed by atoms with Gasteiger partial charge in [-0.05, 0) is 24.6 Å². The number of hydrogen-bond acceptors (Lipinski definition) is 3. The van der Waals surface area contributed by atoms with Crippen LogP contribution in [0.25, 0.3) is 0 Å². The van der Waals surface area contributed by atoms with Crippen molar-refractivity contribution in [3.8, 4) is 5.75 Å². The van der Waals surface area contributed by atoms with Crippen LogP contribution in [0.1, 0.15) is 11.3 Å². The van der Waals surface area contributed by atoms with Crippen molar-refractivity contribution in [2.24, 2.45) is 7.05 Å². The van der Waals surface area contributed by atoms with Crippen LogP contribution in [-0.2, 0) is 18.3 Å². The summed E-state index contributed by atoms with van der Waals surface area (Å²) in [6.07, 6.45) is 1.98. The van der Waals surface area contributed by atoms with Crippen LogP contribution < -0.4 is 5.32 Å². The summed E-state index contributed by atoms with van der Waals surface area (Å²) in [6, 6.07) is 6.67. The van der Waals surface area contributed by atoms with E-state index in [-0.39, 0.29) is 18.1 Å². The molecule has 5 heteroatoms. The first kappa shape index (κ1) is 12.2. The smallest absolute Gasteiger partial charge is 0.228 e. The zero-order valence-electron chi connectivity index (χ0n) is 10.3. The van der Waals surface area contributed by atoms with Crippen molar-refractivity contribution in [2.45, 2.75) is 13.3 Å². The fourth-order valence-corrected chi connectivity index (χ4v) is 1.77. The SMILES string of the molecule is Cc1nn(C)cc1NC(=O)Cc1cccc(O)c1. The number of aromatic nitrogens is 2. The van der Waals surface area contributed by atoms with Crippen LogP contribution in [0.4, 0.5) is 5.69 Å². The molecule has 2 aromatic rings. The van der Waals surface area contributed by atoms with Crippen LogP contribution in [0.2, 0.25) is 0 Å². The maximum Gasteiger partial charge on any atom is 0.228 e. The van der Waals surface area contributed by atoms with Gasteiger partial charge in [0.1, 0.15) is 5.75 Å². The summed E-state index contributed by atoms with van der Waals surface area (Å²) < 4.78 is 1.65. The maximum atomic E-state index is 11.8. The van der Waals surface area contributed by atoms with Crippen molar-refractivity contribution in [1.82, 2.24) is 9.78 Å². The molecule has 2 rings (SSSR count). The summed E-state index contributed by atoms with van der Waals surface area (Å²) >= 11 is 0. The number of rotatable bonds is 3. The van der Waals surface area contributed by atoms with Gasteiger partial charge in [0.25, 0.3) is 0 Å². The van der Waals surface area contributed by atoms with E-state index in [0.29, 0.717) is 5.69 Å². The molecule has 18 heavy (non-hydrogen) atoms. The molecule has 0 bridgehead atoms. The molecule has 0 aliphatic rings. The van der Waals surface area contributed by atoms with E-state index >= 15 is 0 Å². The molecule has 1 aromatic heterocycles. The maximum absolute atomic E-state index is 11.8. The van der Waals surface area contributed by atoms with Gasteiger partial charge in [0.05, 0.1) is 17.8 Å². The topological polar surface area (TPSA) is 67.2 Å². The van der Waals surface area contributed by atoms with Crippen LogP contribution in [-0.4, -0.2) is 20.8 Å². The predicted octanol–water partition coefficient (Wildman–Crippen LogP) is 1.62. The molecule has 0 atom stereocenters. The van der Waals surface area contributed by atoms with E-state index in [1.807, 2.05) is 6.92 Å². The van der Waals surface area contributed by atoms with Crippen LogP contribution in [0.5, 0.6) is 5.75 Å². The largest absolute Gasteiger partial charge is 0.508 e. The van der Waals surface area contributed by atoms with E-state index < -0.39 is 0 Å². The number of carbonyl (C=O) groups excluding carboxylic acids is 1. The third-order valence-corrected chi connectivity index (χ3v) is 2.56. The highest BCUT2D eigenvalue weighted by Gasteiger charge is 2.08. The summed E-state index contributed by atoms with van der Waals surface area (Å²) in [5.41, 5.74) is 2.26. The van der Waals surface area contributed by atoms with Crippen molar-refractivity contribution >= 4 is 11.6 Å². The van der Waals surface area contributed by atoms with E-state index in [1.165, 1.54) is 0 Å². The fourth-order valence-electron chi connectivity index (χ4n) is 1.77. The molecule has 94 valence electrons. The van der Waals surface area contributed by atoms with Gasteiger partial charge in [-0.2, -0.15) is 5.10 Å². The number of aromatic hydroxyl groups is 1. The van der Waals surface area contributed by atoms with Gasteiger partial charge in [0.15, 0.2) is 0 Å². The van der Waals surface area contributed by atoms with Crippen molar-refractivity contribution in [2.75, 3.05) is 5.32 Å². The van der Waals surface area contributed by atoms with Crippen LogP contribution in [0.15, 0.2) is 30.5 Å². The third-order valence-electron chi connectivity index (χ3n) is 2.56. The molecule has 0 saturated heterocycles. The first-order valence-corrected chi connectivity index (χ1v) is 5.62. The Labute approximate surface area is 105 Å². The highest BCUT2D eigenvalue weighted by molar-refractivity contribution is 5.92. The van der Waals surface area contributed by atoms with E-state index in [0.717, 1.165) is 11.3 Å². The van der Waals surface area contributed by atoms with Gasteiger partial charge in [-0.15, -0.1) is 0 Å². The molecule has 2 N–H and O–H groups in total. The Balaban J connectivity index is 2.03. The van der Waals surface area contributed by atoms with Crippen molar-refractivity contribution in [3.05, 3.63) is 41.7 Å². The first-order chi connectivity index (χ1) is 8.54. The quantitative estimate of drug-likeness (QED) is 0.863. The van der Waals surface area contributed by atoms with Gasteiger partial charge < -0.3 is 10.4 Å². The van der Waals surface area contributed by atoms with Crippen molar-refractivity contribution < 1.29 is 9.90 Å². The summed E-state index contributed by atoms with van der Waals surface area (Å²) in [4.78, 5) is 11.8. The molecule has 0 aliphatic heterocycles. The number of phenols is 1.